The van der Waals surface area contributed by atoms with Crippen LogP contribution >= 0.6 is 11.3 Å². The second kappa shape index (κ2) is 7.39. The van der Waals surface area contributed by atoms with Gasteiger partial charge >= 0.3 is 5.97 Å². The summed E-state index contributed by atoms with van der Waals surface area (Å²) in [5.74, 6) is -3.34. The lowest BCUT2D eigenvalue weighted by atomic mass is 10.1. The molecule has 2 aromatic rings. The molecule has 0 spiro atoms. The van der Waals surface area contributed by atoms with E-state index < -0.39 is 11.9 Å². The van der Waals surface area contributed by atoms with Crippen LogP contribution in [-0.2, 0) is 20.2 Å². The van der Waals surface area contributed by atoms with Gasteiger partial charge in [0.1, 0.15) is 11.3 Å². The lowest BCUT2D eigenvalue weighted by Gasteiger charge is -2.11. The number of para-hydroxylation sites is 1. The summed E-state index contributed by atoms with van der Waals surface area (Å²) >= 11 is 0.732. The summed E-state index contributed by atoms with van der Waals surface area (Å²) in [6.07, 6.45) is 2.29. The van der Waals surface area contributed by atoms with Gasteiger partial charge in [0.15, 0.2) is 0 Å². The van der Waals surface area contributed by atoms with E-state index in [0.717, 1.165) is 24.5 Å². The highest BCUT2D eigenvalue weighted by Crippen LogP contribution is 2.37. The molecule has 1 heterocycles. The molecule has 24 heavy (non-hydrogen) atoms. The average molecular weight is 355 g/mol. The van der Waals surface area contributed by atoms with E-state index in [-0.39, 0.29) is 21.4 Å². The summed E-state index contributed by atoms with van der Waals surface area (Å²) in [5, 5.41) is 0.0422. The van der Waals surface area contributed by atoms with E-state index in [2.05, 4.69) is 4.98 Å². The molecule has 0 saturated heterocycles. The van der Waals surface area contributed by atoms with Gasteiger partial charge in [-0.05, 0) is 6.07 Å². The van der Waals surface area contributed by atoms with Gasteiger partial charge in [0.25, 0.3) is 11.1 Å². The quantitative estimate of drug-likeness (QED) is 0.441. The maximum atomic E-state index is 13.3. The van der Waals surface area contributed by atoms with Gasteiger partial charge in [0.2, 0.25) is 0 Å². The molecule has 128 valence electrons. The lowest BCUT2D eigenvalue weighted by Crippen LogP contribution is -2.05. The zero-order valence-electron chi connectivity index (χ0n) is 13.2. The van der Waals surface area contributed by atoms with Gasteiger partial charge in [-0.3, -0.25) is 0 Å². The molecule has 2 rings (SSSR count). The molecule has 0 fully saturated rings. The van der Waals surface area contributed by atoms with E-state index >= 15 is 0 Å². The molecular formula is C16H15F2NO4S. The number of esters is 1. The second-order valence-corrected chi connectivity index (χ2v) is 5.73. The van der Waals surface area contributed by atoms with E-state index in [0.29, 0.717) is 5.56 Å². The summed E-state index contributed by atoms with van der Waals surface area (Å²) < 4.78 is 41.8. The highest BCUT2D eigenvalue weighted by Gasteiger charge is 2.28. The molecule has 0 unspecified atom stereocenters. The molecule has 1 aromatic carbocycles. The highest BCUT2D eigenvalue weighted by molar-refractivity contribution is 7.13. The fourth-order valence-corrected chi connectivity index (χ4v) is 2.54. The van der Waals surface area contributed by atoms with Gasteiger partial charge in [0.05, 0.1) is 31.6 Å². The van der Waals surface area contributed by atoms with Gasteiger partial charge in [-0.15, -0.1) is 0 Å². The van der Waals surface area contributed by atoms with Crippen molar-refractivity contribution in [2.75, 3.05) is 14.2 Å². The van der Waals surface area contributed by atoms with Crippen LogP contribution in [0.5, 0.6) is 10.9 Å². The Labute approximate surface area is 141 Å². The third-order valence-electron chi connectivity index (χ3n) is 2.93. The van der Waals surface area contributed by atoms with Gasteiger partial charge < -0.3 is 14.2 Å². The largest absolute Gasteiger partial charge is 0.503 e. The Morgan fingerprint density at radius 2 is 2.00 bits per heavy atom. The number of carbonyl (C=O) groups excluding carboxylic acids is 1. The van der Waals surface area contributed by atoms with Crippen LogP contribution in [-0.4, -0.2) is 25.2 Å². The topological polar surface area (TPSA) is 57.7 Å². The first-order valence-corrected chi connectivity index (χ1v) is 7.61. The third-order valence-corrected chi connectivity index (χ3v) is 3.98. The Hall–Kier alpha value is -2.48. The summed E-state index contributed by atoms with van der Waals surface area (Å²) in [5.41, 5.74) is 0.527. The molecule has 0 saturated carbocycles. The summed E-state index contributed by atoms with van der Waals surface area (Å²) in [6.45, 7) is 0.787. The number of halogens is 2. The van der Waals surface area contributed by atoms with Crippen molar-refractivity contribution in [1.82, 2.24) is 4.98 Å². The molecule has 1 aromatic heterocycles. The number of benzene rings is 1. The van der Waals surface area contributed by atoms with Crippen molar-refractivity contribution in [2.24, 2.45) is 0 Å². The van der Waals surface area contributed by atoms with Crippen molar-refractivity contribution in [1.29, 1.82) is 0 Å². The van der Waals surface area contributed by atoms with Crippen LogP contribution in [0.2, 0.25) is 0 Å². The van der Waals surface area contributed by atoms with Gasteiger partial charge in [-0.1, -0.05) is 29.5 Å². The number of carbonyl (C=O) groups is 1. The van der Waals surface area contributed by atoms with Crippen LogP contribution in [0.15, 0.2) is 36.7 Å². The zero-order chi connectivity index (χ0) is 17.7. The number of ether oxygens (including phenoxy) is 3. The second-order valence-electron chi connectivity index (χ2n) is 4.74. The van der Waals surface area contributed by atoms with Crippen LogP contribution in [0.1, 0.15) is 17.4 Å². The van der Waals surface area contributed by atoms with Crippen LogP contribution in [0.25, 0.3) is 5.57 Å². The summed E-state index contributed by atoms with van der Waals surface area (Å²) in [6, 6.07) is 6.60. The van der Waals surface area contributed by atoms with Crippen molar-refractivity contribution in [2.45, 2.75) is 12.8 Å². The van der Waals surface area contributed by atoms with E-state index in [1.807, 2.05) is 0 Å². The molecule has 5 nitrogen and oxygen atoms in total. The van der Waals surface area contributed by atoms with Crippen molar-refractivity contribution in [3.05, 3.63) is 47.2 Å². The van der Waals surface area contributed by atoms with E-state index in [4.69, 9.17) is 14.2 Å². The van der Waals surface area contributed by atoms with Crippen LogP contribution in [0, 0.1) is 0 Å². The van der Waals surface area contributed by atoms with E-state index in [1.165, 1.54) is 20.5 Å². The molecule has 0 radical (unpaired) electrons. The standard InChI is InChI=1S/C16H15F2NO4S/c1-16(17,18)13-8-19-15(24-13)23-12-7-5-4-6-10(12)11(9-21-2)14(20)22-3/h4-9H,1-3H3/b11-9+. The van der Waals surface area contributed by atoms with Crippen molar-refractivity contribution in [3.63, 3.8) is 0 Å². The average Bonchev–Trinajstić information content (AvgIpc) is 3.01. The SMILES string of the molecule is CO/C=C(/C(=O)OC)c1ccccc1Oc1ncc(C(C)(F)F)s1. The lowest BCUT2D eigenvalue weighted by molar-refractivity contribution is -0.133. The number of nitrogens with zero attached hydrogens (tertiary/aromatic N) is 1. The number of methoxy groups -OCH3 is 2. The Morgan fingerprint density at radius 1 is 1.29 bits per heavy atom. The number of hydrogen-bond acceptors (Lipinski definition) is 6. The maximum Gasteiger partial charge on any atom is 0.341 e. The van der Waals surface area contributed by atoms with Crippen molar-refractivity contribution >= 4 is 22.9 Å². The summed E-state index contributed by atoms with van der Waals surface area (Å²) in [7, 11) is 2.63. The fraction of sp³-hybridized carbons (Fsp3) is 0.250. The van der Waals surface area contributed by atoms with Crippen LogP contribution < -0.4 is 4.74 Å². The van der Waals surface area contributed by atoms with Crippen LogP contribution in [0.4, 0.5) is 8.78 Å². The number of aromatic nitrogens is 1. The first-order valence-electron chi connectivity index (χ1n) is 6.79. The monoisotopic (exact) mass is 355 g/mol. The zero-order valence-corrected chi connectivity index (χ0v) is 14.0. The Morgan fingerprint density at radius 3 is 2.58 bits per heavy atom. The molecule has 0 N–H and O–H groups in total. The van der Waals surface area contributed by atoms with Crippen LogP contribution in [0.3, 0.4) is 0 Å². The molecule has 0 atom stereocenters. The van der Waals surface area contributed by atoms with Crippen molar-refractivity contribution < 1.29 is 27.8 Å². The first kappa shape index (κ1) is 17.9. The van der Waals surface area contributed by atoms with E-state index in [1.54, 1.807) is 24.3 Å². The minimum absolute atomic E-state index is 0.0422. The molecule has 0 aliphatic carbocycles. The van der Waals surface area contributed by atoms with Gasteiger partial charge in [0, 0.05) is 12.5 Å². The highest BCUT2D eigenvalue weighted by atomic mass is 32.1. The summed E-state index contributed by atoms with van der Waals surface area (Å²) in [4.78, 5) is 15.5. The van der Waals surface area contributed by atoms with Gasteiger partial charge in [-0.2, -0.15) is 0 Å². The Bertz CT molecular complexity index is 753. The normalized spacial score (nSPS) is 12.0. The number of rotatable bonds is 6. The smallest absolute Gasteiger partial charge is 0.341 e. The number of alkyl halides is 2. The number of hydrogen-bond donors (Lipinski definition) is 0. The first-order chi connectivity index (χ1) is 11.4. The predicted octanol–water partition coefficient (Wildman–Crippen LogP) is 4.21. The fourth-order valence-electron chi connectivity index (χ4n) is 1.83. The third kappa shape index (κ3) is 4.08. The minimum atomic E-state index is -2.99. The maximum absolute atomic E-state index is 13.3. The van der Waals surface area contributed by atoms with Gasteiger partial charge in [-0.25, -0.2) is 18.6 Å². The minimum Gasteiger partial charge on any atom is -0.503 e. The van der Waals surface area contributed by atoms with Crippen molar-refractivity contribution in [3.8, 4) is 10.9 Å². The Kier molecular flexibility index (Phi) is 5.50. The molecule has 0 amide bonds. The van der Waals surface area contributed by atoms with E-state index in [9.17, 15) is 13.6 Å². The molecule has 0 bridgehead atoms. The number of thiazole rings is 1. The predicted molar refractivity (Wildman–Crippen MR) is 85.2 cm³/mol. The molecule has 0 aliphatic heterocycles. The molecule has 8 heteroatoms. The molecule has 0 aliphatic rings. The Balaban J connectivity index is 2.37. The molecular weight excluding hydrogens is 340 g/mol.